The van der Waals surface area contributed by atoms with E-state index in [1.165, 1.54) is 31.5 Å². The van der Waals surface area contributed by atoms with Crippen LogP contribution in [0.3, 0.4) is 0 Å². The molecule has 0 aromatic heterocycles. The summed E-state index contributed by atoms with van der Waals surface area (Å²) in [5.74, 6) is 0. The molecular formula is C14H20ClN3. The van der Waals surface area contributed by atoms with Crippen LogP contribution in [0.25, 0.3) is 0 Å². The van der Waals surface area contributed by atoms with Crippen LogP contribution in [0.2, 0.25) is 5.02 Å². The van der Waals surface area contributed by atoms with Crippen molar-refractivity contribution in [2.45, 2.75) is 25.4 Å². The highest BCUT2D eigenvalue weighted by Gasteiger charge is 2.30. The maximum atomic E-state index is 6.03. The standard InChI is InChI=1S/C14H20ClN3/c15-12-7-11(8-13(16)9-12)10-17-3-5-18(6-4-17)14-1-2-14/h7-9,14H,1-6,10,16H2. The van der Waals surface area contributed by atoms with Crippen molar-refractivity contribution in [2.75, 3.05) is 31.9 Å². The van der Waals surface area contributed by atoms with Gasteiger partial charge in [-0.15, -0.1) is 0 Å². The quantitative estimate of drug-likeness (QED) is 0.851. The molecule has 0 atom stereocenters. The molecule has 1 aromatic rings. The molecule has 1 saturated carbocycles. The van der Waals surface area contributed by atoms with Gasteiger partial charge < -0.3 is 5.73 Å². The number of benzene rings is 1. The van der Waals surface area contributed by atoms with E-state index in [1.54, 1.807) is 6.07 Å². The Kier molecular flexibility index (Phi) is 3.46. The van der Waals surface area contributed by atoms with Gasteiger partial charge in [0.1, 0.15) is 0 Å². The minimum Gasteiger partial charge on any atom is -0.399 e. The van der Waals surface area contributed by atoms with Gasteiger partial charge in [-0.1, -0.05) is 11.6 Å². The molecule has 4 heteroatoms. The summed E-state index contributed by atoms with van der Waals surface area (Å²) in [5.41, 5.74) is 7.80. The fourth-order valence-corrected chi connectivity index (χ4v) is 3.02. The van der Waals surface area contributed by atoms with Gasteiger partial charge in [0.25, 0.3) is 0 Å². The van der Waals surface area contributed by atoms with Crippen LogP contribution in [0.5, 0.6) is 0 Å². The Hall–Kier alpha value is -0.770. The maximum Gasteiger partial charge on any atom is 0.0429 e. The number of halogens is 1. The number of nitrogen functional groups attached to an aromatic ring is 1. The molecule has 98 valence electrons. The summed E-state index contributed by atoms with van der Waals surface area (Å²) in [7, 11) is 0. The first kappa shape index (κ1) is 12.3. The fourth-order valence-electron chi connectivity index (χ4n) is 2.75. The van der Waals surface area contributed by atoms with Gasteiger partial charge in [-0.05, 0) is 36.6 Å². The van der Waals surface area contributed by atoms with Gasteiger partial charge in [0, 0.05) is 49.5 Å². The minimum absolute atomic E-state index is 0.738. The van der Waals surface area contributed by atoms with Crippen molar-refractivity contribution in [3.63, 3.8) is 0 Å². The van der Waals surface area contributed by atoms with Crippen LogP contribution in [0.15, 0.2) is 18.2 Å². The third kappa shape index (κ3) is 2.97. The van der Waals surface area contributed by atoms with Gasteiger partial charge in [-0.2, -0.15) is 0 Å². The second kappa shape index (κ2) is 5.08. The molecular weight excluding hydrogens is 246 g/mol. The molecule has 1 heterocycles. The number of anilines is 1. The van der Waals surface area contributed by atoms with E-state index in [0.29, 0.717) is 0 Å². The van der Waals surface area contributed by atoms with Crippen molar-refractivity contribution in [3.05, 3.63) is 28.8 Å². The van der Waals surface area contributed by atoms with E-state index in [4.69, 9.17) is 17.3 Å². The Morgan fingerprint density at radius 2 is 1.83 bits per heavy atom. The first-order valence-corrected chi connectivity index (χ1v) is 7.10. The molecule has 2 fully saturated rings. The van der Waals surface area contributed by atoms with Crippen molar-refractivity contribution in [1.29, 1.82) is 0 Å². The van der Waals surface area contributed by atoms with E-state index < -0.39 is 0 Å². The zero-order valence-electron chi connectivity index (χ0n) is 10.6. The summed E-state index contributed by atoms with van der Waals surface area (Å²) < 4.78 is 0. The summed E-state index contributed by atoms with van der Waals surface area (Å²) in [6, 6.07) is 6.74. The van der Waals surface area contributed by atoms with E-state index in [9.17, 15) is 0 Å². The van der Waals surface area contributed by atoms with Gasteiger partial charge >= 0.3 is 0 Å². The SMILES string of the molecule is Nc1cc(Cl)cc(CN2CCN(C3CC3)CC2)c1. The Morgan fingerprint density at radius 1 is 1.11 bits per heavy atom. The van der Waals surface area contributed by atoms with Crippen molar-refractivity contribution in [3.8, 4) is 0 Å². The number of hydrogen-bond donors (Lipinski definition) is 1. The van der Waals surface area contributed by atoms with Gasteiger partial charge in [0.2, 0.25) is 0 Å². The topological polar surface area (TPSA) is 32.5 Å². The van der Waals surface area contributed by atoms with E-state index in [1.807, 2.05) is 12.1 Å². The molecule has 0 unspecified atom stereocenters. The lowest BCUT2D eigenvalue weighted by Gasteiger charge is -2.34. The van der Waals surface area contributed by atoms with Gasteiger partial charge in [-0.3, -0.25) is 9.80 Å². The van der Waals surface area contributed by atoms with Crippen LogP contribution in [0.4, 0.5) is 5.69 Å². The summed E-state index contributed by atoms with van der Waals surface area (Å²) in [4.78, 5) is 5.12. The first-order chi connectivity index (χ1) is 8.70. The monoisotopic (exact) mass is 265 g/mol. The first-order valence-electron chi connectivity index (χ1n) is 6.72. The number of rotatable bonds is 3. The summed E-state index contributed by atoms with van der Waals surface area (Å²) in [5, 5.41) is 0.738. The zero-order valence-corrected chi connectivity index (χ0v) is 11.4. The van der Waals surface area contributed by atoms with Crippen LogP contribution < -0.4 is 5.73 Å². The molecule has 1 aliphatic carbocycles. The Morgan fingerprint density at radius 3 is 2.44 bits per heavy atom. The molecule has 18 heavy (non-hydrogen) atoms. The highest BCUT2D eigenvalue weighted by atomic mass is 35.5. The number of hydrogen-bond acceptors (Lipinski definition) is 3. The van der Waals surface area contributed by atoms with Gasteiger partial charge in [-0.25, -0.2) is 0 Å². The lowest BCUT2D eigenvalue weighted by atomic mass is 10.1. The second-order valence-electron chi connectivity index (χ2n) is 5.44. The van der Waals surface area contributed by atoms with Gasteiger partial charge in [0.15, 0.2) is 0 Å². The zero-order chi connectivity index (χ0) is 12.5. The van der Waals surface area contributed by atoms with Crippen molar-refractivity contribution >= 4 is 17.3 Å². The molecule has 2 N–H and O–H groups in total. The highest BCUT2D eigenvalue weighted by Crippen LogP contribution is 2.27. The van der Waals surface area contributed by atoms with Crippen LogP contribution in [0, 0.1) is 0 Å². The Balaban J connectivity index is 1.56. The number of piperazine rings is 1. The maximum absolute atomic E-state index is 6.03. The van der Waals surface area contributed by atoms with Crippen LogP contribution in [-0.2, 0) is 6.54 Å². The van der Waals surface area contributed by atoms with E-state index in [0.717, 1.165) is 36.4 Å². The summed E-state index contributed by atoms with van der Waals surface area (Å²) in [6.45, 7) is 5.69. The predicted molar refractivity (Wildman–Crippen MR) is 75.7 cm³/mol. The molecule has 1 aromatic carbocycles. The van der Waals surface area contributed by atoms with Crippen LogP contribution in [0.1, 0.15) is 18.4 Å². The van der Waals surface area contributed by atoms with Gasteiger partial charge in [0.05, 0.1) is 0 Å². The molecule has 0 bridgehead atoms. The van der Waals surface area contributed by atoms with E-state index in [-0.39, 0.29) is 0 Å². The average molecular weight is 266 g/mol. The molecule has 0 amide bonds. The summed E-state index contributed by atoms with van der Waals surface area (Å²) in [6.07, 6.45) is 2.82. The average Bonchev–Trinajstić information content (AvgIpc) is 3.12. The van der Waals surface area contributed by atoms with Crippen molar-refractivity contribution in [1.82, 2.24) is 9.80 Å². The molecule has 1 saturated heterocycles. The third-order valence-electron chi connectivity index (χ3n) is 3.86. The highest BCUT2D eigenvalue weighted by molar-refractivity contribution is 6.30. The minimum atomic E-state index is 0.738. The fraction of sp³-hybridized carbons (Fsp3) is 0.571. The molecule has 2 aliphatic rings. The largest absolute Gasteiger partial charge is 0.399 e. The Bertz CT molecular complexity index is 403. The van der Waals surface area contributed by atoms with Crippen LogP contribution in [-0.4, -0.2) is 42.0 Å². The lowest BCUT2D eigenvalue weighted by Crippen LogP contribution is -2.46. The van der Waals surface area contributed by atoms with E-state index >= 15 is 0 Å². The van der Waals surface area contributed by atoms with Crippen molar-refractivity contribution in [2.24, 2.45) is 0 Å². The Labute approximate surface area is 114 Å². The number of nitrogens with zero attached hydrogens (tertiary/aromatic N) is 2. The molecule has 3 rings (SSSR count). The smallest absolute Gasteiger partial charge is 0.0429 e. The molecule has 3 nitrogen and oxygen atoms in total. The predicted octanol–water partition coefficient (Wildman–Crippen LogP) is 2.20. The number of nitrogens with two attached hydrogens (primary N) is 1. The third-order valence-corrected chi connectivity index (χ3v) is 4.07. The van der Waals surface area contributed by atoms with Crippen LogP contribution >= 0.6 is 11.6 Å². The summed E-state index contributed by atoms with van der Waals surface area (Å²) >= 11 is 6.03. The molecule has 1 aliphatic heterocycles. The van der Waals surface area contributed by atoms with Crippen molar-refractivity contribution < 1.29 is 0 Å². The molecule has 0 radical (unpaired) electrons. The molecule has 0 spiro atoms. The van der Waals surface area contributed by atoms with E-state index in [2.05, 4.69) is 9.80 Å². The second-order valence-corrected chi connectivity index (χ2v) is 5.87. The normalized spacial score (nSPS) is 22.3. The lowest BCUT2D eigenvalue weighted by molar-refractivity contribution is 0.121.